The molecule has 0 heterocycles. The molecule has 0 saturated heterocycles. The van der Waals surface area contributed by atoms with E-state index in [2.05, 4.69) is 0 Å². The summed E-state index contributed by atoms with van der Waals surface area (Å²) in [6.45, 7) is 1.20. The smallest absolute Gasteiger partial charge is 0.332 e. The van der Waals surface area contributed by atoms with Crippen LogP contribution in [0.4, 0.5) is 0 Å². The van der Waals surface area contributed by atoms with Crippen LogP contribution in [0.5, 0.6) is 0 Å². The van der Waals surface area contributed by atoms with Crippen molar-refractivity contribution in [3.63, 3.8) is 0 Å². The van der Waals surface area contributed by atoms with Crippen LogP contribution >= 0.6 is 0 Å². The quantitative estimate of drug-likeness (QED) is 0.663. The van der Waals surface area contributed by atoms with Gasteiger partial charge in [-0.1, -0.05) is 0 Å². The molecule has 0 bridgehead atoms. The fraction of sp³-hybridized carbons (Fsp3) is 0.667. The van der Waals surface area contributed by atoms with Crippen LogP contribution in [0.15, 0.2) is 0 Å². The number of aliphatic hydroxyl groups excluding tert-OH is 1. The molecule has 0 spiro atoms. The van der Waals surface area contributed by atoms with Crippen molar-refractivity contribution in [1.29, 1.82) is 0 Å². The molecule has 0 radical (unpaired) electrons. The second-order valence-corrected chi connectivity index (χ2v) is 1.01. The Morgan fingerprint density at radius 2 is 1.86 bits per heavy atom. The minimum atomic E-state index is -1.23. The number of aliphatic hydroxyl groups is 1. The van der Waals surface area contributed by atoms with Crippen molar-refractivity contribution in [2.45, 2.75) is 13.0 Å². The summed E-state index contributed by atoms with van der Waals surface area (Å²) in [6.07, 6.45) is -1.23. The molecule has 1 unspecified atom stereocenters. The Hall–Kier alpha value is 0.677. The van der Waals surface area contributed by atoms with Gasteiger partial charge >= 0.3 is 5.97 Å². The number of carboxylic acid groups (broad SMARTS) is 1. The van der Waals surface area contributed by atoms with E-state index in [9.17, 15) is 4.79 Å². The third-order valence-corrected chi connectivity index (χ3v) is 0.357. The Balaban J connectivity index is 0. The number of carbonyl (C=O) groups is 1. The van der Waals surface area contributed by atoms with Gasteiger partial charge in [0, 0.05) is 37.3 Å². The molecule has 0 rings (SSSR count). The van der Waals surface area contributed by atoms with Crippen molar-refractivity contribution in [2.24, 2.45) is 0 Å². The molecule has 0 amide bonds. The average Bonchev–Trinajstić information content (AvgIpc) is 1.36. The van der Waals surface area contributed by atoms with Gasteiger partial charge in [-0.05, 0) is 6.92 Å². The third-order valence-electron chi connectivity index (χ3n) is 0.357. The molecule has 0 aromatic heterocycles. The van der Waals surface area contributed by atoms with Crippen molar-refractivity contribution in [3.8, 4) is 0 Å². The van der Waals surface area contributed by atoms with Crippen LogP contribution in [0.1, 0.15) is 6.92 Å². The first kappa shape index (κ1) is 10.6. The van der Waals surface area contributed by atoms with Crippen molar-refractivity contribution in [3.05, 3.63) is 0 Å². The molecule has 0 saturated carbocycles. The summed E-state index contributed by atoms with van der Waals surface area (Å²) in [6, 6.07) is 0. The van der Waals surface area contributed by atoms with Gasteiger partial charge in [0.15, 0.2) is 0 Å². The largest absolute Gasteiger partial charge is 0.479 e. The van der Waals surface area contributed by atoms with Gasteiger partial charge in [0.25, 0.3) is 0 Å². The molecule has 0 aliphatic heterocycles. The SMILES string of the molecule is CC(O)C(=O)O.[Er]. The van der Waals surface area contributed by atoms with E-state index in [1.807, 2.05) is 0 Å². The molecule has 7 heavy (non-hydrogen) atoms. The van der Waals surface area contributed by atoms with Crippen LogP contribution < -0.4 is 0 Å². The number of rotatable bonds is 1. The van der Waals surface area contributed by atoms with Gasteiger partial charge in [-0.3, -0.25) is 0 Å². The van der Waals surface area contributed by atoms with E-state index >= 15 is 0 Å². The second-order valence-electron chi connectivity index (χ2n) is 1.01. The maximum atomic E-state index is 9.45. The van der Waals surface area contributed by atoms with Crippen molar-refractivity contribution in [2.75, 3.05) is 0 Å². The first-order valence-corrected chi connectivity index (χ1v) is 1.55. The number of hydrogen-bond donors (Lipinski definition) is 2. The van der Waals surface area contributed by atoms with E-state index in [1.54, 1.807) is 0 Å². The second kappa shape index (κ2) is 4.83. The fourth-order valence-electron chi connectivity index (χ4n) is 0. The zero-order valence-electron chi connectivity index (χ0n) is 3.67. The van der Waals surface area contributed by atoms with Crippen LogP contribution in [0.3, 0.4) is 0 Å². The van der Waals surface area contributed by atoms with Gasteiger partial charge in [0.2, 0.25) is 0 Å². The third kappa shape index (κ3) is 6.68. The summed E-state index contributed by atoms with van der Waals surface area (Å²) in [7, 11) is 0. The minimum Gasteiger partial charge on any atom is -0.479 e. The van der Waals surface area contributed by atoms with Gasteiger partial charge in [-0.2, -0.15) is 0 Å². The number of carboxylic acids is 1. The Labute approximate surface area is 70.9 Å². The van der Waals surface area contributed by atoms with E-state index in [-0.39, 0.29) is 37.3 Å². The molecule has 0 aliphatic rings. The summed E-state index contributed by atoms with van der Waals surface area (Å²) in [5.41, 5.74) is 0. The maximum absolute atomic E-state index is 9.45. The van der Waals surface area contributed by atoms with Crippen LogP contribution in [-0.4, -0.2) is 22.3 Å². The average molecular weight is 257 g/mol. The first-order valence-electron chi connectivity index (χ1n) is 1.55. The minimum absolute atomic E-state index is 0. The Morgan fingerprint density at radius 1 is 1.71 bits per heavy atom. The molecule has 1 atom stereocenters. The first-order chi connectivity index (χ1) is 2.64. The van der Waals surface area contributed by atoms with Crippen LogP contribution in [0.25, 0.3) is 0 Å². The van der Waals surface area contributed by atoms with E-state index in [1.165, 1.54) is 6.92 Å². The molecule has 4 heteroatoms. The van der Waals surface area contributed by atoms with Crippen LogP contribution in [0.2, 0.25) is 0 Å². The van der Waals surface area contributed by atoms with Gasteiger partial charge < -0.3 is 10.2 Å². The van der Waals surface area contributed by atoms with Crippen LogP contribution in [0, 0.1) is 37.3 Å². The Bertz CT molecular complexity index is 61.2. The van der Waals surface area contributed by atoms with Crippen molar-refractivity contribution >= 4 is 5.97 Å². The van der Waals surface area contributed by atoms with E-state index in [0.717, 1.165) is 0 Å². The molecule has 48 valence electrons. The summed E-state index contributed by atoms with van der Waals surface area (Å²) in [5, 5.41) is 15.8. The van der Waals surface area contributed by atoms with E-state index in [4.69, 9.17) is 10.2 Å². The zero-order valence-corrected chi connectivity index (χ0v) is 5.52. The normalized spacial score (nSPS) is 11.7. The van der Waals surface area contributed by atoms with Gasteiger partial charge in [0.05, 0.1) is 0 Å². The van der Waals surface area contributed by atoms with Gasteiger partial charge in [0.1, 0.15) is 6.10 Å². The molecule has 0 fully saturated rings. The monoisotopic (exact) mass is 256 g/mol. The molecule has 0 aliphatic carbocycles. The standard InChI is InChI=1S/C3H6O3.Er/c1-2(4)3(5)6;/h2,4H,1H3,(H,5,6);. The summed E-state index contributed by atoms with van der Waals surface area (Å²) >= 11 is 0. The molecular formula is C3H6ErO3. The summed E-state index contributed by atoms with van der Waals surface area (Å²) in [5.74, 6) is -1.19. The predicted molar refractivity (Wildman–Crippen MR) is 19.3 cm³/mol. The molecule has 0 aromatic carbocycles. The molecular weight excluding hydrogens is 251 g/mol. The molecule has 0 aromatic rings. The topological polar surface area (TPSA) is 57.5 Å². The van der Waals surface area contributed by atoms with Gasteiger partial charge in [-0.25, -0.2) is 4.79 Å². The summed E-state index contributed by atoms with van der Waals surface area (Å²) < 4.78 is 0. The van der Waals surface area contributed by atoms with E-state index < -0.39 is 12.1 Å². The predicted octanol–water partition coefficient (Wildman–Crippen LogP) is -0.548. The molecule has 2 N–H and O–H groups in total. The Morgan fingerprint density at radius 3 is 1.86 bits per heavy atom. The maximum Gasteiger partial charge on any atom is 0.332 e. The van der Waals surface area contributed by atoms with E-state index in [0.29, 0.717) is 0 Å². The van der Waals surface area contributed by atoms with Crippen molar-refractivity contribution < 1.29 is 52.3 Å². The van der Waals surface area contributed by atoms with Crippen molar-refractivity contribution in [1.82, 2.24) is 0 Å². The summed E-state index contributed by atoms with van der Waals surface area (Å²) in [4.78, 5) is 9.45. The fourth-order valence-corrected chi connectivity index (χ4v) is 0. The van der Waals surface area contributed by atoms with Gasteiger partial charge in [-0.15, -0.1) is 0 Å². The Kier molecular flexibility index (Phi) is 7.32. The number of hydrogen-bond acceptors (Lipinski definition) is 2. The molecule has 3 nitrogen and oxygen atoms in total. The zero-order chi connectivity index (χ0) is 5.15. The van der Waals surface area contributed by atoms with Crippen LogP contribution in [-0.2, 0) is 4.79 Å². The number of aliphatic carboxylic acids is 1.